The van der Waals surface area contributed by atoms with Crippen LogP contribution >= 0.6 is 0 Å². The summed E-state index contributed by atoms with van der Waals surface area (Å²) in [5, 5.41) is 11.4. The fourth-order valence-corrected chi connectivity index (χ4v) is 7.87. The zero-order valence-electron chi connectivity index (χ0n) is 26.3. The quantitative estimate of drug-likeness (QED) is 0.200. The minimum absolute atomic E-state index is 0.0693. The lowest BCUT2D eigenvalue weighted by molar-refractivity contribution is -0.145. The summed E-state index contributed by atoms with van der Waals surface area (Å²) in [6.45, 7) is 9.23. The molecule has 6 rings (SSSR count). The summed E-state index contributed by atoms with van der Waals surface area (Å²) >= 11 is 0. The Morgan fingerprint density at radius 3 is 2.41 bits per heavy atom. The average Bonchev–Trinajstić information content (AvgIpc) is 3.72. The van der Waals surface area contributed by atoms with Gasteiger partial charge in [-0.3, -0.25) is 14.4 Å². The van der Waals surface area contributed by atoms with Gasteiger partial charge in [0, 0.05) is 38.5 Å². The summed E-state index contributed by atoms with van der Waals surface area (Å²) in [4.78, 5) is 48.9. The summed E-state index contributed by atoms with van der Waals surface area (Å²) in [6, 6.07) is 22.8. The third-order valence-corrected chi connectivity index (χ3v) is 9.88. The monoisotopic (exact) mass is 621 g/mol. The van der Waals surface area contributed by atoms with Gasteiger partial charge in [0.15, 0.2) is 0 Å². The highest BCUT2D eigenvalue weighted by atomic mass is 16.5. The van der Waals surface area contributed by atoms with Gasteiger partial charge in [0.2, 0.25) is 11.8 Å². The lowest BCUT2D eigenvalue weighted by Gasteiger charge is -2.37. The van der Waals surface area contributed by atoms with Crippen molar-refractivity contribution in [2.24, 2.45) is 11.8 Å². The van der Waals surface area contributed by atoms with Crippen LogP contribution in [0.1, 0.15) is 37.7 Å². The molecule has 2 bridgehead atoms. The van der Waals surface area contributed by atoms with Gasteiger partial charge < -0.3 is 24.5 Å². The van der Waals surface area contributed by atoms with Crippen LogP contribution in [0.4, 0.5) is 5.69 Å². The molecule has 3 heterocycles. The fourth-order valence-electron chi connectivity index (χ4n) is 7.87. The number of amides is 3. The summed E-state index contributed by atoms with van der Waals surface area (Å²) in [6.07, 6.45) is 6.06. The van der Waals surface area contributed by atoms with Crippen molar-refractivity contribution in [3.63, 3.8) is 0 Å². The molecule has 2 unspecified atom stereocenters. The van der Waals surface area contributed by atoms with Gasteiger partial charge in [-0.25, -0.2) is 0 Å². The Bertz CT molecular complexity index is 1610. The van der Waals surface area contributed by atoms with Gasteiger partial charge in [-0.2, -0.15) is 0 Å². The Morgan fingerprint density at radius 2 is 1.67 bits per heavy atom. The molecule has 0 aromatic heterocycles. The van der Waals surface area contributed by atoms with Crippen LogP contribution < -0.4 is 4.90 Å². The van der Waals surface area contributed by atoms with E-state index in [1.165, 1.54) is 0 Å². The first-order valence-electron chi connectivity index (χ1n) is 16.4. The van der Waals surface area contributed by atoms with Crippen LogP contribution in [0.5, 0.6) is 0 Å². The van der Waals surface area contributed by atoms with Crippen LogP contribution in [0.15, 0.2) is 98.1 Å². The van der Waals surface area contributed by atoms with Crippen molar-refractivity contribution in [2.75, 3.05) is 31.1 Å². The lowest BCUT2D eigenvalue weighted by Crippen LogP contribution is -2.56. The van der Waals surface area contributed by atoms with E-state index in [1.54, 1.807) is 26.9 Å². The number of benzene rings is 3. The molecule has 240 valence electrons. The predicted octanol–water partition coefficient (Wildman–Crippen LogP) is 5.11. The molecule has 3 fully saturated rings. The van der Waals surface area contributed by atoms with Crippen molar-refractivity contribution in [1.29, 1.82) is 0 Å². The van der Waals surface area contributed by atoms with E-state index in [9.17, 15) is 19.5 Å². The third-order valence-electron chi connectivity index (χ3n) is 9.88. The number of carbonyl (C=O) groups excluding carboxylic acids is 3. The standard InChI is InChI=1S/C38H43N3O5/c1-3-21-39(26-27-13-7-5-8-14-27)35(43)32-31-19-20-38(46-31)33(32)36(44)41(23-11-6-12-24-42)34(38)37(45)40(22-4-2)30-18-17-28-15-9-10-16-29(28)25-30/h3-5,7-10,13-18,25,31-34,42H,1-2,6,11-12,19-24,26H2/t31-,32+,33-,34?,38?/m0/s1. The molecule has 5 atom stereocenters. The van der Waals surface area contributed by atoms with Gasteiger partial charge in [0.25, 0.3) is 5.91 Å². The highest BCUT2D eigenvalue weighted by Gasteiger charge is 2.74. The number of hydrogen-bond donors (Lipinski definition) is 1. The molecule has 3 aromatic rings. The van der Waals surface area contributed by atoms with Crippen LogP contribution in [0.2, 0.25) is 0 Å². The minimum Gasteiger partial charge on any atom is -0.396 e. The second kappa shape index (κ2) is 13.6. The highest BCUT2D eigenvalue weighted by Crippen LogP contribution is 2.59. The van der Waals surface area contributed by atoms with Crippen molar-refractivity contribution in [2.45, 2.75) is 56.4 Å². The molecule has 3 saturated heterocycles. The lowest BCUT2D eigenvalue weighted by atomic mass is 9.70. The van der Waals surface area contributed by atoms with E-state index in [2.05, 4.69) is 13.2 Å². The van der Waals surface area contributed by atoms with E-state index < -0.39 is 29.6 Å². The Hall–Kier alpha value is -4.27. The predicted molar refractivity (Wildman–Crippen MR) is 179 cm³/mol. The first kappa shape index (κ1) is 31.7. The normalized spacial score (nSPS) is 24.6. The average molecular weight is 622 g/mol. The van der Waals surface area contributed by atoms with Gasteiger partial charge in [-0.15, -0.1) is 13.2 Å². The van der Waals surface area contributed by atoms with Crippen molar-refractivity contribution in [3.8, 4) is 0 Å². The molecule has 3 aromatic carbocycles. The summed E-state index contributed by atoms with van der Waals surface area (Å²) in [5.41, 5.74) is 0.610. The first-order chi connectivity index (χ1) is 22.4. The van der Waals surface area contributed by atoms with E-state index in [1.807, 2.05) is 72.8 Å². The van der Waals surface area contributed by atoms with Gasteiger partial charge in [0.05, 0.1) is 17.9 Å². The maximum atomic E-state index is 14.9. The van der Waals surface area contributed by atoms with Gasteiger partial charge in [-0.05, 0) is 60.6 Å². The third kappa shape index (κ3) is 5.65. The van der Waals surface area contributed by atoms with Gasteiger partial charge in [0.1, 0.15) is 11.6 Å². The summed E-state index contributed by atoms with van der Waals surface area (Å²) < 4.78 is 6.74. The molecule has 1 spiro atoms. The van der Waals surface area contributed by atoms with E-state index in [4.69, 9.17) is 4.74 Å². The van der Waals surface area contributed by atoms with Gasteiger partial charge >= 0.3 is 0 Å². The van der Waals surface area contributed by atoms with Crippen LogP contribution in [0.3, 0.4) is 0 Å². The molecule has 8 nitrogen and oxygen atoms in total. The Labute approximate surface area is 270 Å². The molecule has 3 aliphatic heterocycles. The van der Waals surface area contributed by atoms with Crippen molar-refractivity contribution in [1.82, 2.24) is 9.80 Å². The zero-order chi connectivity index (χ0) is 32.3. The number of likely N-dealkylation sites (tertiary alicyclic amines) is 1. The number of unbranched alkanes of at least 4 members (excludes halogenated alkanes) is 2. The number of ether oxygens (including phenoxy) is 1. The van der Waals surface area contributed by atoms with E-state index in [0.29, 0.717) is 45.3 Å². The van der Waals surface area contributed by atoms with Gasteiger partial charge in [-0.1, -0.05) is 72.8 Å². The van der Waals surface area contributed by atoms with Crippen molar-refractivity contribution < 1.29 is 24.2 Å². The Kier molecular flexibility index (Phi) is 9.38. The minimum atomic E-state index is -1.10. The molecule has 3 aliphatic rings. The van der Waals surface area contributed by atoms with Crippen LogP contribution in [-0.2, 0) is 25.7 Å². The fraction of sp³-hybridized carbons (Fsp3) is 0.395. The van der Waals surface area contributed by atoms with Crippen molar-refractivity contribution in [3.05, 3.63) is 104 Å². The Morgan fingerprint density at radius 1 is 0.935 bits per heavy atom. The molecular formula is C38H43N3O5. The highest BCUT2D eigenvalue weighted by molar-refractivity contribution is 6.05. The van der Waals surface area contributed by atoms with Crippen LogP contribution in [-0.4, -0.2) is 76.6 Å². The number of anilines is 1. The number of fused-ring (bicyclic) bond motifs is 2. The largest absolute Gasteiger partial charge is 0.396 e. The van der Waals surface area contributed by atoms with E-state index in [0.717, 1.165) is 28.4 Å². The zero-order valence-corrected chi connectivity index (χ0v) is 26.3. The molecule has 8 heteroatoms. The summed E-state index contributed by atoms with van der Waals surface area (Å²) in [7, 11) is 0. The number of nitrogens with zero attached hydrogens (tertiary/aromatic N) is 3. The van der Waals surface area contributed by atoms with Crippen LogP contribution in [0, 0.1) is 11.8 Å². The molecular weight excluding hydrogens is 578 g/mol. The summed E-state index contributed by atoms with van der Waals surface area (Å²) in [5.74, 6) is -2.00. The van der Waals surface area contributed by atoms with E-state index in [-0.39, 0.29) is 30.9 Å². The molecule has 3 amide bonds. The topological polar surface area (TPSA) is 90.4 Å². The molecule has 1 N–H and O–H groups in total. The second-order valence-corrected chi connectivity index (χ2v) is 12.6. The maximum Gasteiger partial charge on any atom is 0.253 e. The molecule has 0 aliphatic carbocycles. The molecule has 46 heavy (non-hydrogen) atoms. The SMILES string of the molecule is C=CCN(Cc1ccccc1)C(=O)[C@@H]1[C@@H]2CCC3(O2)C(C(=O)N(CC=C)c2ccc4ccccc4c2)N(CCCCCO)C(=O)[C@H]13. The van der Waals surface area contributed by atoms with Crippen molar-refractivity contribution >= 4 is 34.2 Å². The first-order valence-corrected chi connectivity index (χ1v) is 16.4. The molecule has 0 saturated carbocycles. The van der Waals surface area contributed by atoms with E-state index >= 15 is 0 Å². The van der Waals surface area contributed by atoms with Crippen LogP contribution in [0.25, 0.3) is 10.8 Å². The number of carbonyl (C=O) groups is 3. The number of aliphatic hydroxyl groups is 1. The number of rotatable bonds is 14. The molecule has 0 radical (unpaired) electrons. The second-order valence-electron chi connectivity index (χ2n) is 12.6. The number of aliphatic hydroxyl groups excluding tert-OH is 1. The Balaban J connectivity index is 1.36. The number of hydrogen-bond acceptors (Lipinski definition) is 5. The maximum absolute atomic E-state index is 14.9. The smallest absolute Gasteiger partial charge is 0.253 e.